The molecule has 112 valence electrons. The summed E-state index contributed by atoms with van der Waals surface area (Å²) in [7, 11) is 4.54. The van der Waals surface area contributed by atoms with Gasteiger partial charge in [-0.3, -0.25) is 0 Å². The van der Waals surface area contributed by atoms with E-state index in [1.165, 1.54) is 57.9 Å². The van der Waals surface area contributed by atoms with E-state index in [1.54, 1.807) is 0 Å². The van der Waals surface area contributed by atoms with E-state index in [9.17, 15) is 0 Å². The van der Waals surface area contributed by atoms with Gasteiger partial charge in [0, 0.05) is 18.1 Å². The van der Waals surface area contributed by atoms with E-state index in [4.69, 9.17) is 0 Å². The first-order chi connectivity index (χ1) is 9.03. The third-order valence-electron chi connectivity index (χ3n) is 5.86. The van der Waals surface area contributed by atoms with E-state index in [-0.39, 0.29) is 0 Å². The Labute approximate surface area is 120 Å². The van der Waals surface area contributed by atoms with Gasteiger partial charge in [-0.2, -0.15) is 0 Å². The summed E-state index contributed by atoms with van der Waals surface area (Å²) in [6, 6.07) is 0.776. The molecule has 0 spiro atoms. The maximum Gasteiger partial charge on any atom is 0.0327 e. The molecular weight excluding hydrogens is 232 g/mol. The van der Waals surface area contributed by atoms with Gasteiger partial charge in [0.15, 0.2) is 0 Å². The van der Waals surface area contributed by atoms with Crippen molar-refractivity contribution in [2.24, 2.45) is 11.8 Å². The molecule has 2 rings (SSSR count). The van der Waals surface area contributed by atoms with Crippen molar-refractivity contribution in [3.05, 3.63) is 0 Å². The van der Waals surface area contributed by atoms with Crippen LogP contribution in [-0.2, 0) is 0 Å². The van der Waals surface area contributed by atoms with E-state index in [0.717, 1.165) is 17.9 Å². The molecule has 0 aromatic rings. The second-order valence-electron chi connectivity index (χ2n) is 7.57. The fourth-order valence-corrected chi connectivity index (χ4v) is 4.17. The summed E-state index contributed by atoms with van der Waals surface area (Å²) in [5, 5.41) is 3.93. The predicted molar refractivity (Wildman–Crippen MR) is 83.5 cm³/mol. The molecule has 2 aliphatic carbocycles. The van der Waals surface area contributed by atoms with Gasteiger partial charge < -0.3 is 10.2 Å². The molecule has 1 N–H and O–H groups in total. The largest absolute Gasteiger partial charge is 0.312 e. The average molecular weight is 266 g/mol. The zero-order chi connectivity index (χ0) is 13.9. The minimum atomic E-state index is 0.449. The highest BCUT2D eigenvalue weighted by atomic mass is 15.2. The van der Waals surface area contributed by atoms with Crippen LogP contribution in [0, 0.1) is 11.8 Å². The third kappa shape index (κ3) is 3.72. The quantitative estimate of drug-likeness (QED) is 0.817. The zero-order valence-electron chi connectivity index (χ0n) is 13.5. The molecule has 0 bridgehead atoms. The summed E-state index contributed by atoms with van der Waals surface area (Å²) in [4.78, 5) is 2.48. The molecule has 2 heteroatoms. The van der Waals surface area contributed by atoms with Crippen molar-refractivity contribution in [1.29, 1.82) is 0 Å². The molecule has 0 saturated heterocycles. The summed E-state index contributed by atoms with van der Waals surface area (Å²) in [6.45, 7) is 5.99. The number of likely N-dealkylation sites (N-methyl/N-ethyl adjacent to an activating group) is 1. The number of hydrogen-bond acceptors (Lipinski definition) is 2. The van der Waals surface area contributed by atoms with Crippen molar-refractivity contribution in [3.8, 4) is 0 Å². The summed E-state index contributed by atoms with van der Waals surface area (Å²) in [5.41, 5.74) is 0.449. The summed E-state index contributed by atoms with van der Waals surface area (Å²) < 4.78 is 0. The first-order valence-electron chi connectivity index (χ1n) is 8.44. The van der Waals surface area contributed by atoms with E-state index < -0.39 is 0 Å². The van der Waals surface area contributed by atoms with Crippen molar-refractivity contribution < 1.29 is 0 Å². The van der Waals surface area contributed by atoms with Crippen molar-refractivity contribution >= 4 is 0 Å². The summed E-state index contributed by atoms with van der Waals surface area (Å²) >= 11 is 0. The van der Waals surface area contributed by atoms with Gasteiger partial charge in [-0.15, -0.1) is 0 Å². The Morgan fingerprint density at radius 2 is 1.79 bits per heavy atom. The molecule has 19 heavy (non-hydrogen) atoms. The number of nitrogens with one attached hydrogen (secondary N) is 1. The van der Waals surface area contributed by atoms with Crippen molar-refractivity contribution in [2.75, 3.05) is 20.6 Å². The molecule has 2 fully saturated rings. The lowest BCUT2D eigenvalue weighted by Crippen LogP contribution is -2.52. The Morgan fingerprint density at radius 3 is 2.37 bits per heavy atom. The fraction of sp³-hybridized carbons (Fsp3) is 1.00. The van der Waals surface area contributed by atoms with Crippen LogP contribution in [0.1, 0.15) is 65.2 Å². The van der Waals surface area contributed by atoms with Gasteiger partial charge in [-0.25, -0.2) is 0 Å². The molecule has 0 radical (unpaired) electrons. The van der Waals surface area contributed by atoms with Crippen LogP contribution in [0.2, 0.25) is 0 Å². The highest BCUT2D eigenvalue weighted by Crippen LogP contribution is 2.34. The number of rotatable bonds is 5. The van der Waals surface area contributed by atoms with Gasteiger partial charge in [0.05, 0.1) is 0 Å². The molecule has 2 saturated carbocycles. The van der Waals surface area contributed by atoms with E-state index >= 15 is 0 Å². The lowest BCUT2D eigenvalue weighted by Gasteiger charge is -2.40. The highest BCUT2D eigenvalue weighted by Gasteiger charge is 2.36. The number of nitrogens with zero attached hydrogens (tertiary/aromatic N) is 1. The Hall–Kier alpha value is -0.0800. The molecule has 2 unspecified atom stereocenters. The minimum absolute atomic E-state index is 0.449. The van der Waals surface area contributed by atoms with Crippen LogP contribution in [0.4, 0.5) is 0 Å². The molecule has 2 nitrogen and oxygen atoms in total. The predicted octanol–water partition coefficient (Wildman–Crippen LogP) is 3.67. The molecule has 0 aliphatic heterocycles. The first kappa shape index (κ1) is 15.3. The fourth-order valence-electron chi connectivity index (χ4n) is 4.17. The van der Waals surface area contributed by atoms with E-state index in [0.29, 0.717) is 5.54 Å². The smallest absolute Gasteiger partial charge is 0.0327 e. The van der Waals surface area contributed by atoms with Crippen LogP contribution in [-0.4, -0.2) is 37.1 Å². The van der Waals surface area contributed by atoms with Gasteiger partial charge >= 0.3 is 0 Å². The van der Waals surface area contributed by atoms with E-state index in [2.05, 4.69) is 38.2 Å². The standard InChI is InChI=1S/C17H34N2/c1-14(2)15-8-7-9-16(12-15)18-13-17(19(3)4)10-5-6-11-17/h14-16,18H,5-13H2,1-4H3. The van der Waals surface area contributed by atoms with Crippen molar-refractivity contribution in [1.82, 2.24) is 10.2 Å². The summed E-state index contributed by atoms with van der Waals surface area (Å²) in [6.07, 6.45) is 11.3. The van der Waals surface area contributed by atoms with Crippen LogP contribution in [0.15, 0.2) is 0 Å². The molecule has 0 heterocycles. The lowest BCUT2D eigenvalue weighted by atomic mass is 9.79. The Kier molecular flexibility index (Phi) is 5.30. The van der Waals surface area contributed by atoms with Gasteiger partial charge in [-0.1, -0.05) is 39.5 Å². The Balaban J connectivity index is 1.84. The minimum Gasteiger partial charge on any atom is -0.312 e. The molecule has 0 aromatic heterocycles. The number of hydrogen-bond donors (Lipinski definition) is 1. The third-order valence-corrected chi connectivity index (χ3v) is 5.86. The van der Waals surface area contributed by atoms with Gasteiger partial charge in [0.2, 0.25) is 0 Å². The van der Waals surface area contributed by atoms with Crippen LogP contribution in [0.25, 0.3) is 0 Å². The first-order valence-corrected chi connectivity index (χ1v) is 8.44. The molecular formula is C17H34N2. The zero-order valence-corrected chi connectivity index (χ0v) is 13.5. The molecule has 2 atom stereocenters. The second kappa shape index (κ2) is 6.58. The Morgan fingerprint density at radius 1 is 1.11 bits per heavy atom. The summed E-state index contributed by atoms with van der Waals surface area (Å²) in [5.74, 6) is 1.81. The monoisotopic (exact) mass is 266 g/mol. The SMILES string of the molecule is CC(C)C1CCCC(NCC2(N(C)C)CCCC2)C1. The van der Waals surface area contributed by atoms with Crippen LogP contribution >= 0.6 is 0 Å². The maximum atomic E-state index is 3.93. The average Bonchev–Trinajstić information content (AvgIpc) is 2.87. The van der Waals surface area contributed by atoms with Crippen LogP contribution in [0.3, 0.4) is 0 Å². The van der Waals surface area contributed by atoms with Crippen LogP contribution < -0.4 is 5.32 Å². The molecule has 0 aromatic carbocycles. The van der Waals surface area contributed by atoms with Gasteiger partial charge in [0.1, 0.15) is 0 Å². The Bertz CT molecular complexity index is 266. The van der Waals surface area contributed by atoms with Crippen molar-refractivity contribution in [2.45, 2.75) is 76.8 Å². The van der Waals surface area contributed by atoms with Gasteiger partial charge in [0.25, 0.3) is 0 Å². The van der Waals surface area contributed by atoms with Crippen molar-refractivity contribution in [3.63, 3.8) is 0 Å². The normalized spacial score (nSPS) is 31.3. The molecule has 0 amide bonds. The second-order valence-corrected chi connectivity index (χ2v) is 7.57. The molecule has 2 aliphatic rings. The lowest BCUT2D eigenvalue weighted by molar-refractivity contribution is 0.137. The maximum absolute atomic E-state index is 3.93. The van der Waals surface area contributed by atoms with Crippen LogP contribution in [0.5, 0.6) is 0 Å². The van der Waals surface area contributed by atoms with Gasteiger partial charge in [-0.05, 0) is 51.6 Å². The highest BCUT2D eigenvalue weighted by molar-refractivity contribution is 4.95. The topological polar surface area (TPSA) is 15.3 Å². The van der Waals surface area contributed by atoms with E-state index in [1.807, 2.05) is 0 Å².